The Kier molecular flexibility index (Phi) is 3.96. The van der Waals surface area contributed by atoms with Crippen LogP contribution in [0, 0.1) is 20.8 Å². The van der Waals surface area contributed by atoms with Crippen molar-refractivity contribution in [2.75, 3.05) is 17.1 Å². The van der Waals surface area contributed by atoms with Crippen LogP contribution < -0.4 is 10.0 Å². The Balaban J connectivity index is 2.44. The maximum Gasteiger partial charge on any atom is 0.264 e. The SMILES string of the molecule is CNc1cc(C)c(S(=O)(=O)Nc2nc(C)ns2)c(C)c1. The van der Waals surface area contributed by atoms with Crippen molar-refractivity contribution >= 4 is 32.4 Å². The third-order valence-corrected chi connectivity index (χ3v) is 5.26. The summed E-state index contributed by atoms with van der Waals surface area (Å²) in [5.41, 5.74) is 2.25. The van der Waals surface area contributed by atoms with Gasteiger partial charge in [-0.2, -0.15) is 4.37 Å². The van der Waals surface area contributed by atoms with Crippen LogP contribution >= 0.6 is 11.5 Å². The predicted octanol–water partition coefficient (Wildman–Crippen LogP) is 2.31. The van der Waals surface area contributed by atoms with E-state index in [9.17, 15) is 8.42 Å². The average Bonchev–Trinajstić information content (AvgIpc) is 2.72. The predicted molar refractivity (Wildman–Crippen MR) is 80.9 cm³/mol. The van der Waals surface area contributed by atoms with E-state index in [1.54, 1.807) is 40.0 Å². The molecule has 2 N–H and O–H groups in total. The van der Waals surface area contributed by atoms with Gasteiger partial charge in [-0.3, -0.25) is 4.72 Å². The first-order valence-corrected chi connectivity index (χ1v) is 8.21. The Morgan fingerprint density at radius 2 is 1.75 bits per heavy atom. The van der Waals surface area contributed by atoms with Crippen LogP contribution in [0.3, 0.4) is 0 Å². The molecule has 0 radical (unpaired) electrons. The summed E-state index contributed by atoms with van der Waals surface area (Å²) in [5.74, 6) is 0.548. The summed E-state index contributed by atoms with van der Waals surface area (Å²) in [6.07, 6.45) is 0. The number of sulfonamides is 1. The van der Waals surface area contributed by atoms with Crippen LogP contribution in [0.4, 0.5) is 10.8 Å². The van der Waals surface area contributed by atoms with Crippen molar-refractivity contribution in [1.29, 1.82) is 0 Å². The number of anilines is 2. The van der Waals surface area contributed by atoms with Crippen LogP contribution in [0.1, 0.15) is 17.0 Å². The van der Waals surface area contributed by atoms with Crippen LogP contribution in [0.15, 0.2) is 17.0 Å². The third-order valence-electron chi connectivity index (χ3n) is 2.77. The van der Waals surface area contributed by atoms with Crippen LogP contribution in [0.25, 0.3) is 0 Å². The van der Waals surface area contributed by atoms with E-state index in [2.05, 4.69) is 19.4 Å². The number of nitrogens with one attached hydrogen (secondary N) is 2. The van der Waals surface area contributed by atoms with Crippen molar-refractivity contribution in [3.63, 3.8) is 0 Å². The lowest BCUT2D eigenvalue weighted by Gasteiger charge is -2.13. The van der Waals surface area contributed by atoms with Gasteiger partial charge in [0.2, 0.25) is 5.13 Å². The molecule has 0 unspecified atom stereocenters. The van der Waals surface area contributed by atoms with E-state index in [-0.39, 0.29) is 10.0 Å². The molecule has 0 aliphatic rings. The number of hydrogen-bond donors (Lipinski definition) is 2. The van der Waals surface area contributed by atoms with Crippen molar-refractivity contribution < 1.29 is 8.42 Å². The average molecular weight is 312 g/mol. The van der Waals surface area contributed by atoms with Gasteiger partial charge in [-0.25, -0.2) is 13.4 Å². The monoisotopic (exact) mass is 312 g/mol. The van der Waals surface area contributed by atoms with E-state index in [1.165, 1.54) is 0 Å². The van der Waals surface area contributed by atoms with Gasteiger partial charge in [0.25, 0.3) is 10.0 Å². The molecule has 0 aliphatic heterocycles. The molecule has 0 aliphatic carbocycles. The van der Waals surface area contributed by atoms with Gasteiger partial charge < -0.3 is 5.32 Å². The third kappa shape index (κ3) is 2.91. The molecule has 0 atom stereocenters. The summed E-state index contributed by atoms with van der Waals surface area (Å²) >= 11 is 1.03. The lowest BCUT2D eigenvalue weighted by molar-refractivity contribution is 0.600. The minimum absolute atomic E-state index is 0.277. The highest BCUT2D eigenvalue weighted by atomic mass is 32.2. The number of aromatic nitrogens is 2. The minimum atomic E-state index is -3.66. The van der Waals surface area contributed by atoms with E-state index < -0.39 is 10.0 Å². The van der Waals surface area contributed by atoms with Gasteiger partial charge in [0, 0.05) is 24.3 Å². The van der Waals surface area contributed by atoms with E-state index >= 15 is 0 Å². The molecule has 1 heterocycles. The highest BCUT2D eigenvalue weighted by Gasteiger charge is 2.21. The van der Waals surface area contributed by atoms with Crippen LogP contribution in [-0.4, -0.2) is 24.8 Å². The van der Waals surface area contributed by atoms with Crippen molar-refractivity contribution in [1.82, 2.24) is 9.36 Å². The molecule has 1 aromatic carbocycles. The molecule has 0 amide bonds. The molecule has 0 bridgehead atoms. The second-order valence-electron chi connectivity index (χ2n) is 4.44. The second-order valence-corrected chi connectivity index (χ2v) is 6.81. The summed E-state index contributed by atoms with van der Waals surface area (Å²) < 4.78 is 31.4. The van der Waals surface area contributed by atoms with Gasteiger partial charge in [0.05, 0.1) is 4.90 Å². The highest BCUT2D eigenvalue weighted by Crippen LogP contribution is 2.26. The Morgan fingerprint density at radius 3 is 2.20 bits per heavy atom. The molecule has 1 aromatic heterocycles. The summed E-state index contributed by atoms with van der Waals surface area (Å²) in [4.78, 5) is 4.30. The molecule has 0 fully saturated rings. The minimum Gasteiger partial charge on any atom is -0.388 e. The zero-order chi connectivity index (χ0) is 14.9. The number of nitrogens with zero attached hydrogens (tertiary/aromatic N) is 2. The molecule has 2 aromatic rings. The fourth-order valence-electron chi connectivity index (χ4n) is 2.02. The fourth-order valence-corrected chi connectivity index (χ4v) is 4.28. The molecule has 20 heavy (non-hydrogen) atoms. The highest BCUT2D eigenvalue weighted by molar-refractivity contribution is 7.93. The van der Waals surface area contributed by atoms with E-state index in [0.717, 1.165) is 17.2 Å². The molecular weight excluding hydrogens is 296 g/mol. The Hall–Kier alpha value is -1.67. The quantitative estimate of drug-likeness (QED) is 0.905. The first-order chi connectivity index (χ1) is 9.33. The largest absolute Gasteiger partial charge is 0.388 e. The molecular formula is C12H16N4O2S2. The van der Waals surface area contributed by atoms with E-state index in [1.807, 2.05) is 0 Å². The Morgan fingerprint density at radius 1 is 1.15 bits per heavy atom. The molecule has 2 rings (SSSR count). The maximum atomic E-state index is 12.5. The normalized spacial score (nSPS) is 11.4. The maximum absolute atomic E-state index is 12.5. The fraction of sp³-hybridized carbons (Fsp3) is 0.333. The van der Waals surface area contributed by atoms with E-state index in [0.29, 0.717) is 17.0 Å². The van der Waals surface area contributed by atoms with Crippen molar-refractivity contribution in [2.45, 2.75) is 25.7 Å². The molecule has 0 spiro atoms. The smallest absolute Gasteiger partial charge is 0.264 e. The van der Waals surface area contributed by atoms with Gasteiger partial charge in [-0.15, -0.1) is 0 Å². The Bertz CT molecular complexity index is 715. The lowest BCUT2D eigenvalue weighted by Crippen LogP contribution is -2.16. The van der Waals surface area contributed by atoms with Gasteiger partial charge in [0.15, 0.2) is 0 Å². The molecule has 0 saturated carbocycles. The zero-order valence-electron chi connectivity index (χ0n) is 11.7. The number of rotatable bonds is 4. The zero-order valence-corrected chi connectivity index (χ0v) is 13.3. The number of benzene rings is 1. The topological polar surface area (TPSA) is 84.0 Å². The number of hydrogen-bond acceptors (Lipinski definition) is 6. The van der Waals surface area contributed by atoms with Gasteiger partial charge in [-0.1, -0.05) is 0 Å². The van der Waals surface area contributed by atoms with Crippen LogP contribution in [0.5, 0.6) is 0 Å². The summed E-state index contributed by atoms with van der Waals surface area (Å²) in [5, 5.41) is 3.28. The van der Waals surface area contributed by atoms with Crippen LogP contribution in [0.2, 0.25) is 0 Å². The first kappa shape index (κ1) is 14.7. The molecule has 108 valence electrons. The van der Waals surface area contributed by atoms with Crippen molar-refractivity contribution in [3.8, 4) is 0 Å². The van der Waals surface area contributed by atoms with Crippen LogP contribution in [-0.2, 0) is 10.0 Å². The first-order valence-electron chi connectivity index (χ1n) is 5.95. The van der Waals surface area contributed by atoms with Gasteiger partial charge in [-0.05, 0) is 44.0 Å². The summed E-state index contributed by atoms with van der Waals surface area (Å²) in [7, 11) is -1.86. The van der Waals surface area contributed by atoms with Gasteiger partial charge >= 0.3 is 0 Å². The molecule has 0 saturated heterocycles. The van der Waals surface area contributed by atoms with Crippen molar-refractivity contribution in [3.05, 3.63) is 29.1 Å². The number of aryl methyl sites for hydroxylation is 3. The standard InChI is InChI=1S/C12H16N4O2S2/c1-7-5-10(13-4)6-8(2)11(7)20(17,18)16-12-14-9(3)15-19-12/h5-6,13H,1-4H3,(H,14,15,16). The summed E-state index contributed by atoms with van der Waals surface area (Å²) in [6, 6.07) is 3.60. The van der Waals surface area contributed by atoms with Gasteiger partial charge in [0.1, 0.15) is 5.82 Å². The molecule has 8 heteroatoms. The molecule has 6 nitrogen and oxygen atoms in total. The summed E-state index contributed by atoms with van der Waals surface area (Å²) in [6.45, 7) is 5.26. The Labute approximate surface area is 122 Å². The van der Waals surface area contributed by atoms with E-state index in [4.69, 9.17) is 0 Å². The second kappa shape index (κ2) is 5.37. The lowest BCUT2D eigenvalue weighted by atomic mass is 10.1. The van der Waals surface area contributed by atoms with Crippen molar-refractivity contribution in [2.24, 2.45) is 0 Å².